The summed E-state index contributed by atoms with van der Waals surface area (Å²) in [6.45, 7) is 7.94. The van der Waals surface area contributed by atoms with Crippen LogP contribution in [0.15, 0.2) is 0 Å². The van der Waals surface area contributed by atoms with Crippen molar-refractivity contribution in [1.29, 1.82) is 0 Å². The molecule has 0 aliphatic carbocycles. The molecule has 0 aromatic carbocycles. The number of nitrogens with zero attached hydrogens (tertiary/aromatic N) is 1. The number of carboxylic acid groups (broad SMARTS) is 2. The van der Waals surface area contributed by atoms with Crippen molar-refractivity contribution in [3.63, 3.8) is 0 Å². The zero-order chi connectivity index (χ0) is 26.6. The van der Waals surface area contributed by atoms with Crippen LogP contribution in [-0.2, 0) is 9.59 Å². The standard InChI is InChI=1S/C15H31NO2.C6H15NO3.C3H7NO2/c1-3-4-5-6-7-8-9-10-11-12-13-16-14(2)15(17)18;8-4-1-7(2-5-9)3-6-10;1-2(4)3(5)6/h14,16H,3-13H2,1-2H3,(H,17,18);8-10H,1-6H2;2H,4H2,1H3,(H,5,6). The van der Waals surface area contributed by atoms with Crippen molar-refractivity contribution in [3.8, 4) is 0 Å². The van der Waals surface area contributed by atoms with Crippen LogP contribution in [0.2, 0.25) is 0 Å². The predicted octanol–water partition coefficient (Wildman–Crippen LogP) is 1.65. The average Bonchev–Trinajstić information content (AvgIpc) is 2.78. The number of aliphatic hydroxyl groups is 3. The summed E-state index contributed by atoms with van der Waals surface area (Å²) in [4.78, 5) is 21.9. The van der Waals surface area contributed by atoms with Gasteiger partial charge in [-0.3, -0.25) is 14.5 Å². The molecule has 0 amide bonds. The molecule has 0 aliphatic rings. The highest BCUT2D eigenvalue weighted by Gasteiger charge is 2.07. The summed E-state index contributed by atoms with van der Waals surface area (Å²) in [6.07, 6.45) is 13.2. The van der Waals surface area contributed by atoms with Crippen molar-refractivity contribution in [2.24, 2.45) is 5.73 Å². The molecule has 0 rings (SSSR count). The average molecular weight is 496 g/mol. The van der Waals surface area contributed by atoms with Gasteiger partial charge in [-0.15, -0.1) is 0 Å². The maximum Gasteiger partial charge on any atom is 0.320 e. The van der Waals surface area contributed by atoms with Crippen molar-refractivity contribution in [3.05, 3.63) is 0 Å². The Labute approximate surface area is 206 Å². The van der Waals surface area contributed by atoms with Crippen LogP contribution in [0, 0.1) is 0 Å². The van der Waals surface area contributed by atoms with Gasteiger partial charge in [0.1, 0.15) is 12.1 Å². The molecule has 0 heterocycles. The summed E-state index contributed by atoms with van der Waals surface area (Å²) in [7, 11) is 0. The van der Waals surface area contributed by atoms with Crippen LogP contribution < -0.4 is 11.1 Å². The number of rotatable bonds is 20. The van der Waals surface area contributed by atoms with Gasteiger partial charge in [-0.25, -0.2) is 0 Å². The minimum absolute atomic E-state index is 0.0694. The Balaban J connectivity index is -0.000000501. The van der Waals surface area contributed by atoms with Gasteiger partial charge in [-0.05, 0) is 26.8 Å². The van der Waals surface area contributed by atoms with E-state index in [-0.39, 0.29) is 19.8 Å². The van der Waals surface area contributed by atoms with Crippen LogP contribution in [0.3, 0.4) is 0 Å². The van der Waals surface area contributed by atoms with E-state index in [0.29, 0.717) is 19.6 Å². The molecule has 0 aromatic heterocycles. The third kappa shape index (κ3) is 32.9. The Morgan fingerprint density at radius 3 is 1.38 bits per heavy atom. The molecule has 0 radical (unpaired) electrons. The van der Waals surface area contributed by atoms with Gasteiger partial charge >= 0.3 is 11.9 Å². The Morgan fingerprint density at radius 1 is 0.735 bits per heavy atom. The van der Waals surface area contributed by atoms with Crippen molar-refractivity contribution in [1.82, 2.24) is 10.2 Å². The zero-order valence-corrected chi connectivity index (χ0v) is 21.8. The molecule has 34 heavy (non-hydrogen) atoms. The van der Waals surface area contributed by atoms with Gasteiger partial charge in [0.15, 0.2) is 0 Å². The number of carboxylic acids is 2. The van der Waals surface area contributed by atoms with Gasteiger partial charge < -0.3 is 36.6 Å². The van der Waals surface area contributed by atoms with E-state index in [1.165, 1.54) is 64.7 Å². The molecule has 0 aromatic rings. The van der Waals surface area contributed by atoms with E-state index in [0.717, 1.165) is 13.0 Å². The maximum absolute atomic E-state index is 10.5. The number of hydrogen-bond acceptors (Lipinski definition) is 8. The number of aliphatic carboxylic acids is 2. The Bertz CT molecular complexity index is 427. The molecular weight excluding hydrogens is 442 g/mol. The molecule has 0 saturated heterocycles. The second-order valence-electron chi connectivity index (χ2n) is 8.34. The van der Waals surface area contributed by atoms with E-state index in [2.05, 4.69) is 12.2 Å². The normalized spacial score (nSPS) is 12.2. The predicted molar refractivity (Wildman–Crippen MR) is 136 cm³/mol. The first kappa shape index (κ1) is 37.3. The topological polar surface area (TPSA) is 177 Å². The van der Waals surface area contributed by atoms with Crippen molar-refractivity contribution >= 4 is 11.9 Å². The largest absolute Gasteiger partial charge is 0.480 e. The van der Waals surface area contributed by atoms with Gasteiger partial charge in [0.25, 0.3) is 0 Å². The summed E-state index contributed by atoms with van der Waals surface area (Å²) in [5.74, 6) is -1.72. The molecule has 0 spiro atoms. The van der Waals surface area contributed by atoms with E-state index < -0.39 is 24.0 Å². The van der Waals surface area contributed by atoms with E-state index in [1.807, 2.05) is 0 Å². The number of unbranched alkanes of at least 4 members (excludes halogenated alkanes) is 9. The lowest BCUT2D eigenvalue weighted by Crippen LogP contribution is -2.34. The third-order valence-electron chi connectivity index (χ3n) is 4.99. The number of aliphatic hydroxyl groups excluding tert-OH is 3. The van der Waals surface area contributed by atoms with Gasteiger partial charge in [0.2, 0.25) is 0 Å². The van der Waals surface area contributed by atoms with Crippen LogP contribution in [-0.4, -0.2) is 100 Å². The molecule has 10 nitrogen and oxygen atoms in total. The van der Waals surface area contributed by atoms with Crippen molar-refractivity contribution in [2.75, 3.05) is 46.0 Å². The van der Waals surface area contributed by atoms with Crippen LogP contribution in [0.5, 0.6) is 0 Å². The molecular formula is C24H53N3O7. The summed E-state index contributed by atoms with van der Waals surface area (Å²) >= 11 is 0. The summed E-state index contributed by atoms with van der Waals surface area (Å²) in [6, 6.07) is -1.14. The number of nitrogens with two attached hydrogens (primary N) is 1. The van der Waals surface area contributed by atoms with Gasteiger partial charge in [-0.1, -0.05) is 64.7 Å². The molecule has 0 aliphatic heterocycles. The number of nitrogens with one attached hydrogen (secondary N) is 1. The fourth-order valence-corrected chi connectivity index (χ4v) is 2.78. The first-order valence-corrected chi connectivity index (χ1v) is 12.7. The lowest BCUT2D eigenvalue weighted by molar-refractivity contribution is -0.139. The van der Waals surface area contributed by atoms with Crippen molar-refractivity contribution < 1.29 is 35.1 Å². The monoisotopic (exact) mass is 495 g/mol. The van der Waals surface area contributed by atoms with Gasteiger partial charge in [0, 0.05) is 19.6 Å². The summed E-state index contributed by atoms with van der Waals surface area (Å²) in [5.41, 5.74) is 4.84. The first-order chi connectivity index (χ1) is 16.2. The highest BCUT2D eigenvalue weighted by Crippen LogP contribution is 2.10. The Kier molecular flexibility index (Phi) is 32.6. The fraction of sp³-hybridized carbons (Fsp3) is 0.917. The lowest BCUT2D eigenvalue weighted by Gasteiger charge is -2.17. The van der Waals surface area contributed by atoms with E-state index >= 15 is 0 Å². The number of hydrogen-bond donors (Lipinski definition) is 7. The SMILES string of the molecule is CC(N)C(=O)O.CCCCCCCCCCCCNC(C)C(=O)O.OCCN(CCO)CCO. The molecule has 0 fully saturated rings. The second kappa shape index (κ2) is 29.7. The highest BCUT2D eigenvalue weighted by molar-refractivity contribution is 5.72. The molecule has 2 unspecified atom stereocenters. The van der Waals surface area contributed by atoms with E-state index in [4.69, 9.17) is 31.3 Å². The van der Waals surface area contributed by atoms with Gasteiger partial charge in [-0.2, -0.15) is 0 Å². The van der Waals surface area contributed by atoms with E-state index in [1.54, 1.807) is 11.8 Å². The van der Waals surface area contributed by atoms with Crippen molar-refractivity contribution in [2.45, 2.75) is 97.1 Å². The molecule has 8 N–H and O–H groups in total. The molecule has 0 saturated carbocycles. The Hall–Kier alpha value is -1.30. The fourth-order valence-electron chi connectivity index (χ4n) is 2.78. The first-order valence-electron chi connectivity index (χ1n) is 12.7. The minimum atomic E-state index is -0.963. The van der Waals surface area contributed by atoms with Crippen LogP contribution in [0.25, 0.3) is 0 Å². The molecule has 2 atom stereocenters. The summed E-state index contributed by atoms with van der Waals surface area (Å²) in [5, 5.41) is 45.0. The molecule has 0 bridgehead atoms. The zero-order valence-electron chi connectivity index (χ0n) is 21.8. The molecule has 10 heteroatoms. The molecule has 206 valence electrons. The quantitative estimate of drug-likeness (QED) is 0.123. The number of carbonyl (C=O) groups is 2. The Morgan fingerprint density at radius 2 is 1.09 bits per heavy atom. The highest BCUT2D eigenvalue weighted by atomic mass is 16.4. The van der Waals surface area contributed by atoms with Gasteiger partial charge in [0.05, 0.1) is 19.8 Å². The lowest BCUT2D eigenvalue weighted by atomic mass is 10.1. The second-order valence-corrected chi connectivity index (χ2v) is 8.34. The van der Waals surface area contributed by atoms with Crippen LogP contribution in [0.1, 0.15) is 85.0 Å². The smallest absolute Gasteiger partial charge is 0.320 e. The van der Waals surface area contributed by atoms with Crippen LogP contribution in [0.4, 0.5) is 0 Å². The van der Waals surface area contributed by atoms with Crippen LogP contribution >= 0.6 is 0 Å². The third-order valence-corrected chi connectivity index (χ3v) is 4.99. The minimum Gasteiger partial charge on any atom is -0.480 e. The summed E-state index contributed by atoms with van der Waals surface area (Å²) < 4.78 is 0. The maximum atomic E-state index is 10.5. The van der Waals surface area contributed by atoms with E-state index in [9.17, 15) is 9.59 Å².